The molecule has 0 aliphatic heterocycles. The molecule has 0 spiro atoms. The van der Waals surface area contributed by atoms with Crippen LogP contribution in [0.1, 0.15) is 44.6 Å². The monoisotopic (exact) mass is 386 g/mol. The molecule has 0 amide bonds. The maximum absolute atomic E-state index is 13.7. The highest BCUT2D eigenvalue weighted by Gasteiger charge is 2.24. The van der Waals surface area contributed by atoms with Crippen LogP contribution in [-0.4, -0.2) is 9.55 Å². The second-order valence-corrected chi connectivity index (χ2v) is 7.73. The number of fused-ring (bicyclic) bond motifs is 2. The molecule has 146 valence electrons. The minimum absolute atomic E-state index is 0.0444. The van der Waals surface area contributed by atoms with E-state index in [2.05, 4.69) is 0 Å². The van der Waals surface area contributed by atoms with Crippen LogP contribution in [0.3, 0.4) is 0 Å². The zero-order valence-electron chi connectivity index (χ0n) is 16.1. The van der Waals surface area contributed by atoms with Gasteiger partial charge in [0.1, 0.15) is 11.4 Å². The molecule has 1 fully saturated rings. The van der Waals surface area contributed by atoms with Crippen LogP contribution in [0.5, 0.6) is 0 Å². The summed E-state index contributed by atoms with van der Waals surface area (Å²) < 4.78 is 7.67. The molecule has 0 bridgehead atoms. The predicted octanol–water partition coefficient (Wildman–Crippen LogP) is 5.07. The maximum Gasteiger partial charge on any atom is 0.269 e. The van der Waals surface area contributed by atoms with E-state index in [9.17, 15) is 9.59 Å². The molecule has 5 heteroatoms. The van der Waals surface area contributed by atoms with Crippen LogP contribution in [0.25, 0.3) is 33.5 Å². The van der Waals surface area contributed by atoms with Crippen LogP contribution >= 0.6 is 0 Å². The highest BCUT2D eigenvalue weighted by atomic mass is 16.3. The number of aromatic nitrogens is 2. The van der Waals surface area contributed by atoms with Crippen molar-refractivity contribution in [1.29, 1.82) is 0 Å². The third-order valence-electron chi connectivity index (χ3n) is 5.87. The standard InChI is InChI=1S/C24H22N2O3/c27-21-18-14-8-9-15-19(18)29-23-20(21)24(28)26(17-12-6-1-2-7-13-17)22(25-23)16-10-4-3-5-11-16/h3-5,8-11,14-15,17H,1-2,6-7,12-13H2. The van der Waals surface area contributed by atoms with Crippen LogP contribution in [0.15, 0.2) is 68.6 Å². The van der Waals surface area contributed by atoms with Gasteiger partial charge in [-0.2, -0.15) is 4.98 Å². The molecule has 2 heterocycles. The number of hydrogen-bond acceptors (Lipinski definition) is 4. The number of rotatable bonds is 2. The first-order chi connectivity index (χ1) is 14.2. The van der Waals surface area contributed by atoms with Gasteiger partial charge < -0.3 is 4.42 Å². The lowest BCUT2D eigenvalue weighted by Gasteiger charge is -2.21. The molecule has 1 saturated carbocycles. The van der Waals surface area contributed by atoms with Crippen LogP contribution < -0.4 is 11.0 Å². The molecular weight excluding hydrogens is 364 g/mol. The molecule has 0 saturated heterocycles. The van der Waals surface area contributed by atoms with Gasteiger partial charge in [-0.3, -0.25) is 14.2 Å². The number of para-hydroxylation sites is 1. The van der Waals surface area contributed by atoms with Gasteiger partial charge in [-0.1, -0.05) is 68.1 Å². The summed E-state index contributed by atoms with van der Waals surface area (Å²) in [6.45, 7) is 0. The van der Waals surface area contributed by atoms with E-state index in [4.69, 9.17) is 9.40 Å². The largest absolute Gasteiger partial charge is 0.437 e. The third-order valence-corrected chi connectivity index (χ3v) is 5.87. The van der Waals surface area contributed by atoms with Crippen molar-refractivity contribution in [2.75, 3.05) is 0 Å². The zero-order valence-corrected chi connectivity index (χ0v) is 16.1. The first-order valence-electron chi connectivity index (χ1n) is 10.3. The molecule has 2 aromatic heterocycles. The van der Waals surface area contributed by atoms with Gasteiger partial charge in [0.2, 0.25) is 11.1 Å². The number of hydrogen-bond donors (Lipinski definition) is 0. The van der Waals surface area contributed by atoms with E-state index < -0.39 is 0 Å². The Hall–Kier alpha value is -3.21. The molecule has 0 atom stereocenters. The van der Waals surface area contributed by atoms with Crippen molar-refractivity contribution in [2.45, 2.75) is 44.6 Å². The first kappa shape index (κ1) is 17.9. The second kappa shape index (κ2) is 7.32. The van der Waals surface area contributed by atoms with E-state index >= 15 is 0 Å². The molecule has 2 aromatic carbocycles. The van der Waals surface area contributed by atoms with Crippen molar-refractivity contribution in [2.24, 2.45) is 0 Å². The van der Waals surface area contributed by atoms with E-state index in [-0.39, 0.29) is 28.1 Å². The van der Waals surface area contributed by atoms with Crippen molar-refractivity contribution in [3.05, 3.63) is 75.2 Å². The molecule has 4 aromatic rings. The molecule has 1 aliphatic rings. The molecule has 29 heavy (non-hydrogen) atoms. The maximum atomic E-state index is 13.7. The van der Waals surface area contributed by atoms with Gasteiger partial charge in [0.25, 0.3) is 5.56 Å². The molecule has 0 radical (unpaired) electrons. The topological polar surface area (TPSA) is 65.1 Å². The Balaban J connectivity index is 1.88. The lowest BCUT2D eigenvalue weighted by molar-refractivity contribution is 0.433. The predicted molar refractivity (Wildman–Crippen MR) is 114 cm³/mol. The van der Waals surface area contributed by atoms with Crippen LogP contribution in [0.4, 0.5) is 0 Å². The zero-order chi connectivity index (χ0) is 19.8. The number of nitrogens with zero attached hydrogens (tertiary/aromatic N) is 2. The molecule has 5 nitrogen and oxygen atoms in total. The Morgan fingerprint density at radius 3 is 2.31 bits per heavy atom. The SMILES string of the molecule is O=c1c2ccccc2oc2nc(-c3ccccc3)n(C3CCCCCC3)c(=O)c12. The Morgan fingerprint density at radius 2 is 1.55 bits per heavy atom. The molecule has 5 rings (SSSR count). The van der Waals surface area contributed by atoms with Gasteiger partial charge in [0.15, 0.2) is 5.39 Å². The quantitative estimate of drug-likeness (QED) is 0.357. The fraction of sp³-hybridized carbons (Fsp3) is 0.292. The smallest absolute Gasteiger partial charge is 0.269 e. The van der Waals surface area contributed by atoms with Crippen LogP contribution in [-0.2, 0) is 0 Å². The van der Waals surface area contributed by atoms with Gasteiger partial charge in [-0.15, -0.1) is 0 Å². The van der Waals surface area contributed by atoms with Crippen molar-refractivity contribution < 1.29 is 4.42 Å². The van der Waals surface area contributed by atoms with Crippen molar-refractivity contribution in [3.8, 4) is 11.4 Å². The van der Waals surface area contributed by atoms with Crippen LogP contribution in [0.2, 0.25) is 0 Å². The van der Waals surface area contributed by atoms with Gasteiger partial charge in [-0.05, 0) is 25.0 Å². The summed E-state index contributed by atoms with van der Waals surface area (Å²) in [6, 6.07) is 16.7. The Kier molecular flexibility index (Phi) is 4.51. The fourth-order valence-electron chi connectivity index (χ4n) is 4.41. The summed E-state index contributed by atoms with van der Waals surface area (Å²) in [5.74, 6) is 0.577. The lowest BCUT2D eigenvalue weighted by atomic mass is 10.1. The summed E-state index contributed by atoms with van der Waals surface area (Å²) in [6.07, 6.45) is 6.36. The molecule has 0 unspecified atom stereocenters. The van der Waals surface area contributed by atoms with Crippen molar-refractivity contribution in [1.82, 2.24) is 9.55 Å². The number of benzene rings is 2. The van der Waals surface area contributed by atoms with Crippen molar-refractivity contribution >= 4 is 22.1 Å². The van der Waals surface area contributed by atoms with E-state index in [0.29, 0.717) is 16.8 Å². The fourth-order valence-corrected chi connectivity index (χ4v) is 4.41. The summed E-state index contributed by atoms with van der Waals surface area (Å²) in [4.78, 5) is 31.5. The van der Waals surface area contributed by atoms with Gasteiger partial charge >= 0.3 is 0 Å². The minimum atomic E-state index is -0.304. The highest BCUT2D eigenvalue weighted by molar-refractivity contribution is 5.88. The van der Waals surface area contributed by atoms with Gasteiger partial charge in [0.05, 0.1) is 5.39 Å². The summed E-state index contributed by atoms with van der Waals surface area (Å²) in [5.41, 5.74) is 0.818. The van der Waals surface area contributed by atoms with E-state index in [0.717, 1.165) is 31.2 Å². The van der Waals surface area contributed by atoms with Crippen molar-refractivity contribution in [3.63, 3.8) is 0 Å². The third kappa shape index (κ3) is 3.07. The second-order valence-electron chi connectivity index (χ2n) is 7.73. The Morgan fingerprint density at radius 1 is 0.862 bits per heavy atom. The Labute approximate surface area is 167 Å². The van der Waals surface area contributed by atoms with Gasteiger partial charge in [-0.25, -0.2) is 0 Å². The average molecular weight is 386 g/mol. The summed E-state index contributed by atoms with van der Waals surface area (Å²) >= 11 is 0. The Bertz CT molecular complexity index is 1300. The average Bonchev–Trinajstić information content (AvgIpc) is 3.03. The van der Waals surface area contributed by atoms with E-state index in [1.807, 2.05) is 36.4 Å². The molecule has 1 aliphatic carbocycles. The molecule has 0 N–H and O–H groups in total. The van der Waals surface area contributed by atoms with Gasteiger partial charge in [0, 0.05) is 11.6 Å². The highest BCUT2D eigenvalue weighted by Crippen LogP contribution is 2.30. The molecular formula is C24H22N2O3. The first-order valence-corrected chi connectivity index (χ1v) is 10.3. The summed E-state index contributed by atoms with van der Waals surface area (Å²) in [7, 11) is 0. The minimum Gasteiger partial charge on any atom is -0.437 e. The van der Waals surface area contributed by atoms with E-state index in [1.54, 1.807) is 22.8 Å². The summed E-state index contributed by atoms with van der Waals surface area (Å²) in [5, 5.41) is 0.464. The van der Waals surface area contributed by atoms with E-state index in [1.165, 1.54) is 12.8 Å². The normalized spacial score (nSPS) is 15.6. The lowest BCUT2D eigenvalue weighted by Crippen LogP contribution is -2.30. The van der Waals surface area contributed by atoms with Crippen LogP contribution in [0, 0.1) is 0 Å².